The van der Waals surface area contributed by atoms with E-state index in [9.17, 15) is 9.09 Å². The van der Waals surface area contributed by atoms with Crippen LogP contribution in [0.1, 0.15) is 136 Å². The van der Waals surface area contributed by atoms with Gasteiger partial charge in [-0.05, 0) is 61.5 Å². The summed E-state index contributed by atoms with van der Waals surface area (Å²) in [5.41, 5.74) is 5.02. The van der Waals surface area contributed by atoms with E-state index in [1.807, 2.05) is 0 Å². The Hall–Kier alpha value is -1.28. The summed E-state index contributed by atoms with van der Waals surface area (Å²) in [5, 5.41) is 0. The van der Waals surface area contributed by atoms with Crippen LogP contribution in [0.3, 0.4) is 0 Å². The molecule has 0 spiro atoms. The van der Waals surface area contributed by atoms with E-state index < -0.39 is 14.3 Å². The van der Waals surface area contributed by atoms with Gasteiger partial charge in [-0.3, -0.25) is 4.52 Å². The maximum absolute atomic E-state index is 14.7. The summed E-state index contributed by atoms with van der Waals surface area (Å²) in [6.45, 7) is 28.5. The number of hydrogen-bond acceptors (Lipinski definition) is 2. The predicted molar refractivity (Wildman–Crippen MR) is 155 cm³/mol. The molecule has 202 valence electrons. The van der Waals surface area contributed by atoms with E-state index >= 15 is 0 Å². The van der Waals surface area contributed by atoms with Crippen molar-refractivity contribution in [1.82, 2.24) is 0 Å². The lowest BCUT2D eigenvalue weighted by Crippen LogP contribution is -2.36. The zero-order valence-corrected chi connectivity index (χ0v) is 26.0. The highest BCUT2D eigenvalue weighted by Crippen LogP contribution is 2.54. The van der Waals surface area contributed by atoms with Gasteiger partial charge in [-0.2, -0.15) is 4.20 Å². The minimum absolute atomic E-state index is 0.0264. The molecule has 1 atom stereocenters. The van der Waals surface area contributed by atoms with Gasteiger partial charge in [0.15, 0.2) is 0 Å². The number of hydrogen-bond donors (Lipinski definition) is 1. The van der Waals surface area contributed by atoms with E-state index in [0.29, 0.717) is 6.42 Å². The molecule has 2 rings (SSSR count). The first-order valence-corrected chi connectivity index (χ1v) is 14.4. The predicted octanol–water partition coefficient (Wildman–Crippen LogP) is 10.1. The lowest BCUT2D eigenvalue weighted by Gasteiger charge is -2.42. The molecule has 0 radical (unpaired) electrons. The maximum atomic E-state index is 14.7. The lowest BCUT2D eigenvalue weighted by atomic mass is 9.68. The van der Waals surface area contributed by atoms with E-state index in [1.54, 1.807) is 0 Å². The summed E-state index contributed by atoms with van der Waals surface area (Å²) < 4.78 is 20.8. The Morgan fingerprint density at radius 1 is 0.639 bits per heavy atom. The van der Waals surface area contributed by atoms with Crippen molar-refractivity contribution in [1.29, 1.82) is 0 Å². The van der Waals surface area contributed by atoms with Crippen molar-refractivity contribution in [3.63, 3.8) is 0 Å². The molecule has 2 aromatic rings. The Kier molecular flexibility index (Phi) is 9.00. The molecule has 4 heteroatoms. The molecule has 0 amide bonds. The molecule has 0 saturated carbocycles. The minimum Gasteiger partial charge on any atom is -0.325 e. The van der Waals surface area contributed by atoms with Gasteiger partial charge in [-0.25, -0.2) is 0 Å². The van der Waals surface area contributed by atoms with E-state index in [4.69, 9.17) is 4.52 Å². The van der Waals surface area contributed by atoms with E-state index in [2.05, 4.69) is 126 Å². The largest absolute Gasteiger partial charge is 0.373 e. The molecule has 0 heterocycles. The Morgan fingerprint density at radius 2 is 1.00 bits per heavy atom. The number of rotatable bonds is 6. The fourth-order valence-electron chi connectivity index (χ4n) is 5.01. The molecular formula is C32H50FO2P. The van der Waals surface area contributed by atoms with Gasteiger partial charge in [-0.1, -0.05) is 133 Å². The molecule has 1 unspecified atom stereocenters. The first-order valence-electron chi connectivity index (χ1n) is 13.3. The van der Waals surface area contributed by atoms with Crippen LogP contribution < -0.4 is 0 Å². The van der Waals surface area contributed by atoms with Crippen LogP contribution in [0.4, 0.5) is 4.20 Å². The highest BCUT2D eigenvalue weighted by Gasteiger charge is 2.44. The maximum Gasteiger partial charge on any atom is 0.373 e. The van der Waals surface area contributed by atoms with Crippen LogP contribution in [-0.2, 0) is 31.8 Å². The lowest BCUT2D eigenvalue weighted by molar-refractivity contribution is 0.0865. The van der Waals surface area contributed by atoms with Crippen LogP contribution in [-0.4, -0.2) is 4.89 Å². The van der Waals surface area contributed by atoms with Crippen LogP contribution in [0.15, 0.2) is 36.4 Å². The summed E-state index contributed by atoms with van der Waals surface area (Å²) in [7, 11) is -3.10. The fraction of sp³-hybridized carbons (Fsp3) is 0.625. The second-order valence-electron chi connectivity index (χ2n) is 14.4. The molecule has 0 bridgehead atoms. The second kappa shape index (κ2) is 10.5. The summed E-state index contributed by atoms with van der Waals surface area (Å²) in [5.74, 6) is 0. The van der Waals surface area contributed by atoms with Gasteiger partial charge in [0.05, 0.1) is 0 Å². The SMILES string of the molecule is CCCC(OP(O)F)(c1ccc(C(C)(C)C)cc1C(C)(C)C)c1ccc(C(C)(C)C)cc1C(C)(C)C. The van der Waals surface area contributed by atoms with Crippen LogP contribution in [0.25, 0.3) is 0 Å². The normalized spacial score (nSPS) is 14.8. The zero-order chi connectivity index (χ0) is 27.9. The van der Waals surface area contributed by atoms with Crippen LogP contribution in [0.5, 0.6) is 0 Å². The Bertz CT molecular complexity index is 968. The van der Waals surface area contributed by atoms with E-state index in [1.165, 1.54) is 11.1 Å². The van der Waals surface area contributed by atoms with Gasteiger partial charge in [0, 0.05) is 0 Å². The highest BCUT2D eigenvalue weighted by atomic mass is 31.2. The van der Waals surface area contributed by atoms with Gasteiger partial charge in [-0.15, -0.1) is 0 Å². The zero-order valence-electron chi connectivity index (χ0n) is 25.1. The number of halogens is 1. The molecule has 1 N–H and O–H groups in total. The van der Waals surface area contributed by atoms with Gasteiger partial charge < -0.3 is 4.89 Å². The van der Waals surface area contributed by atoms with E-state index in [-0.39, 0.29) is 21.7 Å². The number of benzene rings is 2. The standard InChI is InChI=1S/C32H50FO2P/c1-14-19-32(35-36(33)34,24-17-15-22(28(2,3)4)20-26(24)30(8,9)10)25-18-16-23(29(5,6)7)21-27(25)31(11,12)13/h15-18,20-21,34H,14,19H2,1-13H3. The third-order valence-electron chi connectivity index (χ3n) is 7.09. The third-order valence-corrected chi connectivity index (χ3v) is 7.55. The first kappa shape index (κ1) is 30.9. The van der Waals surface area contributed by atoms with Crippen LogP contribution >= 0.6 is 8.69 Å². The van der Waals surface area contributed by atoms with Crippen LogP contribution in [0, 0.1) is 0 Å². The average Bonchev–Trinajstić information content (AvgIpc) is 2.69. The topological polar surface area (TPSA) is 29.5 Å². The Labute approximate surface area is 222 Å². The van der Waals surface area contributed by atoms with Crippen molar-refractivity contribution in [2.45, 2.75) is 130 Å². The van der Waals surface area contributed by atoms with Crippen molar-refractivity contribution in [3.05, 3.63) is 69.8 Å². The summed E-state index contributed by atoms with van der Waals surface area (Å²) >= 11 is 0. The highest BCUT2D eigenvalue weighted by molar-refractivity contribution is 7.40. The van der Waals surface area contributed by atoms with Gasteiger partial charge in [0.2, 0.25) is 0 Å². The van der Waals surface area contributed by atoms with Gasteiger partial charge in [0.1, 0.15) is 5.60 Å². The smallest absolute Gasteiger partial charge is 0.325 e. The molecule has 0 fully saturated rings. The summed E-state index contributed by atoms with van der Waals surface area (Å²) in [6.07, 6.45) is 1.34. The summed E-state index contributed by atoms with van der Waals surface area (Å²) in [4.78, 5) is 10.2. The molecule has 0 aromatic heterocycles. The first-order chi connectivity index (χ1) is 16.1. The Balaban J connectivity index is 3.10. The quantitative estimate of drug-likeness (QED) is 0.387. The molecule has 36 heavy (non-hydrogen) atoms. The van der Waals surface area contributed by atoms with Crippen molar-refractivity contribution >= 4 is 8.69 Å². The monoisotopic (exact) mass is 516 g/mol. The van der Waals surface area contributed by atoms with Crippen molar-refractivity contribution in [2.75, 3.05) is 0 Å². The molecule has 0 aliphatic carbocycles. The molecule has 2 nitrogen and oxygen atoms in total. The van der Waals surface area contributed by atoms with E-state index in [0.717, 1.165) is 28.7 Å². The third kappa shape index (κ3) is 6.77. The second-order valence-corrected chi connectivity index (χ2v) is 15.1. The van der Waals surface area contributed by atoms with Crippen LogP contribution in [0.2, 0.25) is 0 Å². The average molecular weight is 517 g/mol. The van der Waals surface area contributed by atoms with Gasteiger partial charge >= 0.3 is 8.69 Å². The molecular weight excluding hydrogens is 466 g/mol. The molecule has 0 aliphatic heterocycles. The summed E-state index contributed by atoms with van der Waals surface area (Å²) in [6, 6.07) is 13.1. The van der Waals surface area contributed by atoms with Crippen molar-refractivity contribution in [2.24, 2.45) is 0 Å². The molecule has 0 aliphatic rings. The van der Waals surface area contributed by atoms with Crippen molar-refractivity contribution in [3.8, 4) is 0 Å². The van der Waals surface area contributed by atoms with Gasteiger partial charge in [0.25, 0.3) is 0 Å². The minimum atomic E-state index is -3.10. The molecule has 2 aromatic carbocycles. The fourth-order valence-corrected chi connectivity index (χ4v) is 5.55. The Morgan fingerprint density at radius 3 is 1.25 bits per heavy atom. The molecule has 0 saturated heterocycles. The van der Waals surface area contributed by atoms with Crippen molar-refractivity contribution < 1.29 is 13.6 Å².